The molecule has 1 atom stereocenters. The fourth-order valence-corrected chi connectivity index (χ4v) is 3.30. The van der Waals surface area contributed by atoms with E-state index in [-0.39, 0.29) is 12.1 Å². The van der Waals surface area contributed by atoms with Crippen molar-refractivity contribution in [2.75, 3.05) is 6.61 Å². The van der Waals surface area contributed by atoms with Crippen molar-refractivity contribution in [3.8, 4) is 17.0 Å². The lowest BCUT2D eigenvalue weighted by Gasteiger charge is -2.13. The van der Waals surface area contributed by atoms with Gasteiger partial charge in [0.1, 0.15) is 11.3 Å². The second-order valence-corrected chi connectivity index (χ2v) is 7.08. The Labute approximate surface area is 172 Å². The first-order chi connectivity index (χ1) is 14.0. The number of aliphatic hydroxyl groups is 1. The third-order valence-electron chi connectivity index (χ3n) is 4.69. The summed E-state index contributed by atoms with van der Waals surface area (Å²) in [6.07, 6.45) is 2.52. The van der Waals surface area contributed by atoms with Gasteiger partial charge in [-0.1, -0.05) is 23.7 Å². The van der Waals surface area contributed by atoms with Crippen molar-refractivity contribution in [3.63, 3.8) is 0 Å². The standard InChI is InChI=1S/C22H20ClN3O3/c1-2-29-18-9-5-15(6-10-18)19-13-20-22(28)25(11-12-26(20)24-19)14-21(27)16-3-7-17(23)8-4-16/h3-13,21,27H,2,14H2,1H3. The van der Waals surface area contributed by atoms with Crippen LogP contribution in [0.1, 0.15) is 18.6 Å². The van der Waals surface area contributed by atoms with Gasteiger partial charge in [0.05, 0.1) is 24.9 Å². The highest BCUT2D eigenvalue weighted by atomic mass is 35.5. The van der Waals surface area contributed by atoms with E-state index in [0.717, 1.165) is 11.3 Å². The van der Waals surface area contributed by atoms with E-state index in [1.807, 2.05) is 31.2 Å². The number of aliphatic hydroxyl groups excluding tert-OH is 1. The van der Waals surface area contributed by atoms with E-state index in [2.05, 4.69) is 5.10 Å². The maximum Gasteiger partial charge on any atom is 0.276 e. The summed E-state index contributed by atoms with van der Waals surface area (Å²) in [5.41, 5.74) is 2.51. The summed E-state index contributed by atoms with van der Waals surface area (Å²) in [5, 5.41) is 15.6. The molecule has 29 heavy (non-hydrogen) atoms. The van der Waals surface area contributed by atoms with Gasteiger partial charge in [-0.05, 0) is 55.0 Å². The number of ether oxygens (including phenoxy) is 1. The van der Waals surface area contributed by atoms with Crippen LogP contribution < -0.4 is 10.3 Å². The fourth-order valence-electron chi connectivity index (χ4n) is 3.18. The van der Waals surface area contributed by atoms with Gasteiger partial charge in [-0.15, -0.1) is 0 Å². The molecule has 1 unspecified atom stereocenters. The van der Waals surface area contributed by atoms with Gasteiger partial charge in [-0.2, -0.15) is 5.10 Å². The van der Waals surface area contributed by atoms with Crippen LogP contribution >= 0.6 is 11.6 Å². The van der Waals surface area contributed by atoms with Gasteiger partial charge in [0.2, 0.25) is 0 Å². The Kier molecular flexibility index (Phi) is 5.38. The highest BCUT2D eigenvalue weighted by Crippen LogP contribution is 2.22. The first-order valence-electron chi connectivity index (χ1n) is 9.30. The second-order valence-electron chi connectivity index (χ2n) is 6.64. The molecule has 0 aliphatic carbocycles. The molecular formula is C22H20ClN3O3. The normalized spacial score (nSPS) is 12.2. The minimum atomic E-state index is -0.819. The molecule has 0 amide bonds. The maximum atomic E-state index is 12.9. The predicted octanol–water partition coefficient (Wildman–Crippen LogP) is 3.95. The van der Waals surface area contributed by atoms with Crippen LogP contribution in [0, 0.1) is 0 Å². The summed E-state index contributed by atoms with van der Waals surface area (Å²) < 4.78 is 8.50. The molecule has 0 aliphatic heterocycles. The highest BCUT2D eigenvalue weighted by molar-refractivity contribution is 6.30. The summed E-state index contributed by atoms with van der Waals surface area (Å²) in [7, 11) is 0. The number of aromatic nitrogens is 3. The van der Waals surface area contributed by atoms with E-state index in [1.54, 1.807) is 47.2 Å². The third kappa shape index (κ3) is 4.04. The first-order valence-corrected chi connectivity index (χ1v) is 9.68. The lowest BCUT2D eigenvalue weighted by atomic mass is 10.1. The molecule has 0 spiro atoms. The summed E-state index contributed by atoms with van der Waals surface area (Å²) >= 11 is 5.89. The van der Waals surface area contributed by atoms with Gasteiger partial charge in [0.15, 0.2) is 0 Å². The number of benzene rings is 2. The van der Waals surface area contributed by atoms with Crippen molar-refractivity contribution in [2.24, 2.45) is 0 Å². The Morgan fingerprint density at radius 2 is 1.83 bits per heavy atom. The molecule has 4 rings (SSSR count). The molecule has 7 heteroatoms. The number of hydrogen-bond acceptors (Lipinski definition) is 4. The Bertz CT molecular complexity index is 1180. The lowest BCUT2D eigenvalue weighted by molar-refractivity contribution is 0.155. The predicted molar refractivity (Wildman–Crippen MR) is 112 cm³/mol. The van der Waals surface area contributed by atoms with Crippen LogP contribution in [-0.4, -0.2) is 25.9 Å². The molecule has 2 aromatic heterocycles. The van der Waals surface area contributed by atoms with Crippen molar-refractivity contribution in [3.05, 3.63) is 87.9 Å². The second kappa shape index (κ2) is 8.11. The monoisotopic (exact) mass is 409 g/mol. The Morgan fingerprint density at radius 1 is 1.10 bits per heavy atom. The molecule has 6 nitrogen and oxygen atoms in total. The van der Waals surface area contributed by atoms with Crippen LogP contribution in [0.5, 0.6) is 5.75 Å². The first kappa shape index (κ1) is 19.2. The average Bonchev–Trinajstić information content (AvgIpc) is 3.16. The van der Waals surface area contributed by atoms with E-state index >= 15 is 0 Å². The van der Waals surface area contributed by atoms with Crippen molar-refractivity contribution < 1.29 is 9.84 Å². The molecule has 0 saturated carbocycles. The van der Waals surface area contributed by atoms with Gasteiger partial charge in [-0.25, -0.2) is 4.52 Å². The molecule has 148 valence electrons. The zero-order valence-corrected chi connectivity index (χ0v) is 16.6. The van der Waals surface area contributed by atoms with Crippen LogP contribution in [0.15, 0.2) is 71.8 Å². The van der Waals surface area contributed by atoms with Crippen LogP contribution in [0.4, 0.5) is 0 Å². The Balaban J connectivity index is 1.62. The van der Waals surface area contributed by atoms with Gasteiger partial charge in [0, 0.05) is 23.0 Å². The van der Waals surface area contributed by atoms with Crippen molar-refractivity contribution in [1.29, 1.82) is 0 Å². The van der Waals surface area contributed by atoms with Crippen molar-refractivity contribution >= 4 is 17.1 Å². The van der Waals surface area contributed by atoms with Gasteiger partial charge < -0.3 is 14.4 Å². The van der Waals surface area contributed by atoms with Crippen LogP contribution in [0.2, 0.25) is 5.02 Å². The molecule has 0 radical (unpaired) electrons. The van der Waals surface area contributed by atoms with E-state index < -0.39 is 6.10 Å². The molecule has 2 aromatic carbocycles. The minimum Gasteiger partial charge on any atom is -0.494 e. The molecule has 0 saturated heterocycles. The van der Waals surface area contributed by atoms with Crippen LogP contribution in [0.25, 0.3) is 16.8 Å². The smallest absolute Gasteiger partial charge is 0.276 e. The van der Waals surface area contributed by atoms with Gasteiger partial charge >= 0.3 is 0 Å². The van der Waals surface area contributed by atoms with E-state index in [9.17, 15) is 9.90 Å². The summed E-state index contributed by atoms with van der Waals surface area (Å²) in [6, 6.07) is 16.3. The van der Waals surface area contributed by atoms with E-state index in [0.29, 0.717) is 28.4 Å². The average molecular weight is 410 g/mol. The summed E-state index contributed by atoms with van der Waals surface area (Å²) in [4.78, 5) is 12.9. The third-order valence-corrected chi connectivity index (χ3v) is 4.94. The van der Waals surface area contributed by atoms with Crippen molar-refractivity contribution in [1.82, 2.24) is 14.2 Å². The number of rotatable bonds is 6. The van der Waals surface area contributed by atoms with E-state index in [4.69, 9.17) is 16.3 Å². The molecule has 1 N–H and O–H groups in total. The molecule has 0 fully saturated rings. The fraction of sp³-hybridized carbons (Fsp3) is 0.182. The zero-order chi connectivity index (χ0) is 20.4. The topological polar surface area (TPSA) is 68.8 Å². The number of halogens is 1. The summed E-state index contributed by atoms with van der Waals surface area (Å²) in [5.74, 6) is 0.790. The van der Waals surface area contributed by atoms with Gasteiger partial charge in [-0.3, -0.25) is 4.79 Å². The maximum absolute atomic E-state index is 12.9. The largest absolute Gasteiger partial charge is 0.494 e. The summed E-state index contributed by atoms with van der Waals surface area (Å²) in [6.45, 7) is 2.68. The number of fused-ring (bicyclic) bond motifs is 1. The Morgan fingerprint density at radius 3 is 2.52 bits per heavy atom. The van der Waals surface area contributed by atoms with Crippen LogP contribution in [0.3, 0.4) is 0 Å². The lowest BCUT2D eigenvalue weighted by Crippen LogP contribution is -2.24. The molecule has 0 aliphatic rings. The molecule has 0 bridgehead atoms. The van der Waals surface area contributed by atoms with Crippen LogP contribution in [-0.2, 0) is 6.54 Å². The Hall–Kier alpha value is -3.09. The van der Waals surface area contributed by atoms with Gasteiger partial charge in [0.25, 0.3) is 5.56 Å². The SMILES string of the molecule is CCOc1ccc(-c2cc3c(=O)n(CC(O)c4ccc(Cl)cc4)ccn3n2)cc1. The molecule has 4 aromatic rings. The number of hydrogen-bond donors (Lipinski definition) is 1. The highest BCUT2D eigenvalue weighted by Gasteiger charge is 2.13. The number of nitrogens with zero attached hydrogens (tertiary/aromatic N) is 3. The zero-order valence-electron chi connectivity index (χ0n) is 15.8. The molecular weight excluding hydrogens is 390 g/mol. The van der Waals surface area contributed by atoms with Crippen molar-refractivity contribution in [2.45, 2.75) is 19.6 Å². The minimum absolute atomic E-state index is 0.139. The quantitative estimate of drug-likeness (QED) is 0.523. The van der Waals surface area contributed by atoms with E-state index in [1.165, 1.54) is 4.57 Å². The molecule has 2 heterocycles.